The first-order chi connectivity index (χ1) is 18.6. The first kappa shape index (κ1) is 26.0. The lowest BCUT2D eigenvalue weighted by atomic mass is 9.95. The molecule has 1 aliphatic heterocycles. The zero-order valence-electron chi connectivity index (χ0n) is 22.1. The summed E-state index contributed by atoms with van der Waals surface area (Å²) in [6.07, 6.45) is 0. The number of fused-ring (bicyclic) bond motifs is 1. The number of Topliss-reactive ketones (excluding diaryl/α,β-unsaturated/α-hetero) is 1. The van der Waals surface area contributed by atoms with E-state index in [1.165, 1.54) is 23.1 Å². The lowest BCUT2D eigenvalue weighted by Crippen LogP contribution is -2.30. The van der Waals surface area contributed by atoms with Gasteiger partial charge in [0.05, 0.1) is 29.3 Å². The van der Waals surface area contributed by atoms with E-state index in [2.05, 4.69) is 9.97 Å². The van der Waals surface area contributed by atoms with Crippen molar-refractivity contribution in [3.63, 3.8) is 0 Å². The molecule has 1 aromatic heterocycles. The maximum Gasteiger partial charge on any atom is 0.302 e. The summed E-state index contributed by atoms with van der Waals surface area (Å²) < 4.78 is 19.6. The zero-order chi connectivity index (χ0) is 27.8. The van der Waals surface area contributed by atoms with Crippen LogP contribution in [0.5, 0.6) is 5.75 Å². The molecule has 5 rings (SSSR count). The lowest BCUT2D eigenvalue weighted by molar-refractivity contribution is -0.132. The number of anilines is 2. The molecular formula is C30H29FN4O4. The second kappa shape index (κ2) is 10.2. The molecule has 8 nitrogen and oxygen atoms in total. The molecular weight excluding hydrogens is 499 g/mol. The Labute approximate surface area is 225 Å². The Morgan fingerprint density at radius 3 is 2.41 bits per heavy atom. The Morgan fingerprint density at radius 2 is 1.77 bits per heavy atom. The number of nitrogens with one attached hydrogen (secondary N) is 1. The number of aromatic nitrogens is 2. The van der Waals surface area contributed by atoms with Crippen LogP contribution in [0.15, 0.2) is 72.3 Å². The number of aliphatic hydroxyl groups excluding tert-OH is 1. The number of aliphatic hydroxyl groups is 1. The number of carbonyl (C=O) groups is 2. The SMILES string of the molecule is CC(C)COc1ccc(/C(O)=C2\C(=O)C(=O)N(c3nc4ccc(F)cc4[nH]3)C2c2ccc(N(C)C)cc2)cc1. The largest absolute Gasteiger partial charge is 0.507 e. The summed E-state index contributed by atoms with van der Waals surface area (Å²) in [6.45, 7) is 4.63. The summed E-state index contributed by atoms with van der Waals surface area (Å²) in [6, 6.07) is 17.1. The average Bonchev–Trinajstić information content (AvgIpc) is 3.44. The number of aromatic amines is 1. The van der Waals surface area contributed by atoms with Crippen molar-refractivity contribution in [1.82, 2.24) is 9.97 Å². The van der Waals surface area contributed by atoms with Crippen LogP contribution in [0.3, 0.4) is 0 Å². The molecule has 0 aliphatic carbocycles. The fourth-order valence-corrected chi connectivity index (χ4v) is 4.53. The molecule has 0 radical (unpaired) electrons. The highest BCUT2D eigenvalue weighted by atomic mass is 19.1. The number of rotatable bonds is 7. The van der Waals surface area contributed by atoms with Gasteiger partial charge in [0, 0.05) is 25.3 Å². The number of amides is 1. The van der Waals surface area contributed by atoms with Crippen molar-refractivity contribution in [2.24, 2.45) is 5.92 Å². The van der Waals surface area contributed by atoms with E-state index < -0.39 is 23.5 Å². The van der Waals surface area contributed by atoms with Crippen LogP contribution in [0.2, 0.25) is 0 Å². The smallest absolute Gasteiger partial charge is 0.302 e. The van der Waals surface area contributed by atoms with Crippen LogP contribution < -0.4 is 14.5 Å². The molecule has 2 heterocycles. The van der Waals surface area contributed by atoms with E-state index >= 15 is 0 Å². The van der Waals surface area contributed by atoms with Crippen molar-refractivity contribution in [1.29, 1.82) is 0 Å². The van der Waals surface area contributed by atoms with Crippen molar-refractivity contribution in [2.75, 3.05) is 30.5 Å². The summed E-state index contributed by atoms with van der Waals surface area (Å²) >= 11 is 0. The number of H-pyrrole nitrogens is 1. The summed E-state index contributed by atoms with van der Waals surface area (Å²) in [5, 5.41) is 11.4. The third kappa shape index (κ3) is 4.95. The third-order valence-corrected chi connectivity index (χ3v) is 6.54. The number of ether oxygens (including phenoxy) is 1. The topological polar surface area (TPSA) is 98.8 Å². The van der Waals surface area contributed by atoms with Crippen LogP contribution in [0.25, 0.3) is 16.8 Å². The number of hydrogen-bond acceptors (Lipinski definition) is 6. The molecule has 1 unspecified atom stereocenters. The molecule has 3 aromatic carbocycles. The predicted octanol–water partition coefficient (Wildman–Crippen LogP) is 5.43. The number of halogens is 1. The van der Waals surface area contributed by atoms with Crippen LogP contribution in [0, 0.1) is 11.7 Å². The van der Waals surface area contributed by atoms with Gasteiger partial charge in [-0.3, -0.25) is 14.5 Å². The molecule has 1 amide bonds. The monoisotopic (exact) mass is 528 g/mol. The second-order valence-corrected chi connectivity index (χ2v) is 10.1. The Balaban J connectivity index is 1.63. The normalized spacial score (nSPS) is 16.9. The summed E-state index contributed by atoms with van der Waals surface area (Å²) in [7, 11) is 3.81. The zero-order valence-corrected chi connectivity index (χ0v) is 22.1. The van der Waals surface area contributed by atoms with Crippen molar-refractivity contribution in [3.05, 3.63) is 89.2 Å². The summed E-state index contributed by atoms with van der Waals surface area (Å²) in [4.78, 5) is 37.4. The van der Waals surface area contributed by atoms with Gasteiger partial charge in [-0.1, -0.05) is 26.0 Å². The van der Waals surface area contributed by atoms with Gasteiger partial charge in [-0.05, 0) is 66.1 Å². The van der Waals surface area contributed by atoms with E-state index in [-0.39, 0.29) is 17.3 Å². The average molecular weight is 529 g/mol. The quantitative estimate of drug-likeness (QED) is 0.189. The number of hydrogen-bond donors (Lipinski definition) is 2. The van der Waals surface area contributed by atoms with Crippen molar-refractivity contribution in [2.45, 2.75) is 19.9 Å². The van der Waals surface area contributed by atoms with Crippen LogP contribution >= 0.6 is 0 Å². The standard InChI is InChI=1S/C30H29FN4O4/c1-17(2)16-39-22-12-7-19(8-13-22)27(36)25-26(18-5-10-21(11-6-18)34(3)4)35(29(38)28(25)37)30-32-23-14-9-20(31)15-24(23)33-30/h5-15,17,26,36H,16H2,1-4H3,(H,32,33)/b27-25+. The Bertz CT molecular complexity index is 1570. The Hall–Kier alpha value is -4.66. The van der Waals surface area contributed by atoms with Gasteiger partial charge in [0.15, 0.2) is 0 Å². The van der Waals surface area contributed by atoms with Gasteiger partial charge < -0.3 is 19.7 Å². The minimum atomic E-state index is -0.969. The second-order valence-electron chi connectivity index (χ2n) is 10.1. The van der Waals surface area contributed by atoms with Crippen LogP contribution in [0.4, 0.5) is 16.0 Å². The molecule has 0 bridgehead atoms. The highest BCUT2D eigenvalue weighted by molar-refractivity contribution is 6.51. The molecule has 1 saturated heterocycles. The van der Waals surface area contributed by atoms with E-state index in [0.717, 1.165) is 5.69 Å². The van der Waals surface area contributed by atoms with E-state index in [1.807, 2.05) is 45.0 Å². The van der Waals surface area contributed by atoms with E-state index in [9.17, 15) is 19.1 Å². The molecule has 0 saturated carbocycles. The van der Waals surface area contributed by atoms with Crippen LogP contribution in [-0.4, -0.2) is 47.5 Å². The van der Waals surface area contributed by atoms with E-state index in [4.69, 9.17) is 4.74 Å². The number of imidazole rings is 1. The molecule has 1 aliphatic rings. The number of ketones is 1. The van der Waals surface area contributed by atoms with Gasteiger partial charge in [0.2, 0.25) is 5.95 Å². The first-order valence-electron chi connectivity index (χ1n) is 12.6. The molecule has 39 heavy (non-hydrogen) atoms. The van der Waals surface area contributed by atoms with Crippen molar-refractivity contribution < 1.29 is 23.8 Å². The molecule has 9 heteroatoms. The number of nitrogens with zero attached hydrogens (tertiary/aromatic N) is 3. The molecule has 2 N–H and O–H groups in total. The maximum absolute atomic E-state index is 13.8. The maximum atomic E-state index is 13.8. The van der Waals surface area contributed by atoms with Gasteiger partial charge in [-0.25, -0.2) is 9.37 Å². The third-order valence-electron chi connectivity index (χ3n) is 6.54. The molecule has 200 valence electrons. The summed E-state index contributed by atoms with van der Waals surface area (Å²) in [5.74, 6) is -1.41. The van der Waals surface area contributed by atoms with Crippen molar-refractivity contribution >= 4 is 40.1 Å². The fraction of sp³-hybridized carbons (Fsp3) is 0.233. The molecule has 4 aromatic rings. The first-order valence-corrected chi connectivity index (χ1v) is 12.6. The van der Waals surface area contributed by atoms with E-state index in [0.29, 0.717) is 40.4 Å². The molecule has 1 fully saturated rings. The number of benzene rings is 3. The van der Waals surface area contributed by atoms with Crippen LogP contribution in [-0.2, 0) is 9.59 Å². The van der Waals surface area contributed by atoms with Gasteiger partial charge in [0.25, 0.3) is 5.78 Å². The van der Waals surface area contributed by atoms with E-state index in [1.54, 1.807) is 36.4 Å². The van der Waals surface area contributed by atoms with Gasteiger partial charge >= 0.3 is 5.91 Å². The van der Waals surface area contributed by atoms with Crippen molar-refractivity contribution in [3.8, 4) is 5.75 Å². The van der Waals surface area contributed by atoms with Crippen LogP contribution in [0.1, 0.15) is 31.0 Å². The number of carbonyl (C=O) groups excluding carboxylic acids is 2. The van der Waals surface area contributed by atoms with Gasteiger partial charge in [-0.15, -0.1) is 0 Å². The molecule has 1 atom stereocenters. The summed E-state index contributed by atoms with van der Waals surface area (Å²) in [5.41, 5.74) is 2.64. The van der Waals surface area contributed by atoms with Gasteiger partial charge in [-0.2, -0.15) is 0 Å². The predicted molar refractivity (Wildman–Crippen MR) is 148 cm³/mol. The molecule has 0 spiro atoms. The van der Waals surface area contributed by atoms with Gasteiger partial charge in [0.1, 0.15) is 17.3 Å². The highest BCUT2D eigenvalue weighted by Crippen LogP contribution is 2.42. The highest BCUT2D eigenvalue weighted by Gasteiger charge is 2.48. The Kier molecular flexibility index (Phi) is 6.82. The Morgan fingerprint density at radius 1 is 1.08 bits per heavy atom. The lowest BCUT2D eigenvalue weighted by Gasteiger charge is -2.24. The minimum absolute atomic E-state index is 0.0694. The minimum Gasteiger partial charge on any atom is -0.507 e. The fourth-order valence-electron chi connectivity index (χ4n) is 4.53.